The third kappa shape index (κ3) is 4.08. The SMILES string of the molecule is CCOCc1nc2c(N)nc3cccc(CCCCCCN)c3c2s1. The number of nitrogens with two attached hydrogens (primary N) is 2. The second-order valence-corrected chi connectivity index (χ2v) is 7.27. The van der Waals surface area contributed by atoms with Crippen LogP contribution >= 0.6 is 11.3 Å². The van der Waals surface area contributed by atoms with Crippen LogP contribution in [0.5, 0.6) is 0 Å². The first-order valence-corrected chi connectivity index (χ1v) is 9.80. The van der Waals surface area contributed by atoms with Crippen molar-refractivity contribution >= 4 is 38.3 Å². The summed E-state index contributed by atoms with van der Waals surface area (Å²) in [7, 11) is 0. The number of aryl methyl sites for hydroxylation is 1. The zero-order valence-electron chi connectivity index (χ0n) is 14.8. The highest BCUT2D eigenvalue weighted by Crippen LogP contribution is 2.35. The predicted molar refractivity (Wildman–Crippen MR) is 106 cm³/mol. The van der Waals surface area contributed by atoms with Gasteiger partial charge in [-0.15, -0.1) is 11.3 Å². The summed E-state index contributed by atoms with van der Waals surface area (Å²) in [6.07, 6.45) is 5.71. The van der Waals surface area contributed by atoms with Crippen LogP contribution in [0.25, 0.3) is 21.1 Å². The zero-order chi connectivity index (χ0) is 17.6. The average Bonchev–Trinajstić information content (AvgIpc) is 3.04. The molecule has 0 aliphatic heterocycles. The number of hydrogen-bond acceptors (Lipinski definition) is 6. The molecular formula is C19H26N4OS. The summed E-state index contributed by atoms with van der Waals surface area (Å²) >= 11 is 1.67. The fourth-order valence-electron chi connectivity index (χ4n) is 3.10. The van der Waals surface area contributed by atoms with Gasteiger partial charge in [-0.3, -0.25) is 0 Å². The number of benzene rings is 1. The minimum atomic E-state index is 0.501. The number of rotatable bonds is 9. The van der Waals surface area contributed by atoms with Crippen LogP contribution in [-0.2, 0) is 17.8 Å². The van der Waals surface area contributed by atoms with Gasteiger partial charge in [0, 0.05) is 12.0 Å². The Labute approximate surface area is 152 Å². The van der Waals surface area contributed by atoms with Crippen molar-refractivity contribution in [3.05, 3.63) is 28.8 Å². The first-order valence-electron chi connectivity index (χ1n) is 8.99. The van der Waals surface area contributed by atoms with Gasteiger partial charge in [-0.05, 0) is 44.4 Å². The van der Waals surface area contributed by atoms with Gasteiger partial charge in [-0.1, -0.05) is 25.0 Å². The van der Waals surface area contributed by atoms with Crippen LogP contribution in [0.15, 0.2) is 18.2 Å². The second-order valence-electron chi connectivity index (χ2n) is 6.18. The Morgan fingerprint density at radius 2 is 1.96 bits per heavy atom. The molecule has 25 heavy (non-hydrogen) atoms. The minimum absolute atomic E-state index is 0.501. The van der Waals surface area contributed by atoms with Gasteiger partial charge in [0.05, 0.1) is 16.8 Å². The fraction of sp³-hybridized carbons (Fsp3) is 0.474. The predicted octanol–water partition coefficient (Wildman–Crippen LogP) is 4.02. The molecule has 0 radical (unpaired) electrons. The first-order chi connectivity index (χ1) is 12.2. The van der Waals surface area contributed by atoms with Crippen LogP contribution in [-0.4, -0.2) is 23.1 Å². The van der Waals surface area contributed by atoms with Crippen molar-refractivity contribution in [3.8, 4) is 0 Å². The maximum atomic E-state index is 6.15. The molecular weight excluding hydrogens is 332 g/mol. The highest BCUT2D eigenvalue weighted by atomic mass is 32.1. The highest BCUT2D eigenvalue weighted by molar-refractivity contribution is 7.19. The molecule has 0 amide bonds. The van der Waals surface area contributed by atoms with E-state index >= 15 is 0 Å². The van der Waals surface area contributed by atoms with Gasteiger partial charge in [0.15, 0.2) is 5.82 Å². The Morgan fingerprint density at radius 1 is 1.12 bits per heavy atom. The molecule has 134 valence electrons. The molecule has 5 nitrogen and oxygen atoms in total. The van der Waals surface area contributed by atoms with Gasteiger partial charge in [0.1, 0.15) is 10.5 Å². The lowest BCUT2D eigenvalue weighted by molar-refractivity contribution is 0.134. The van der Waals surface area contributed by atoms with E-state index in [-0.39, 0.29) is 0 Å². The molecule has 0 spiro atoms. The van der Waals surface area contributed by atoms with Gasteiger partial charge in [0.2, 0.25) is 0 Å². The summed E-state index contributed by atoms with van der Waals surface area (Å²) in [6, 6.07) is 6.30. The zero-order valence-corrected chi connectivity index (χ0v) is 15.6. The molecule has 4 N–H and O–H groups in total. The molecule has 0 aliphatic rings. The Kier molecular flexibility index (Phi) is 6.18. The van der Waals surface area contributed by atoms with E-state index in [1.165, 1.54) is 23.8 Å². The molecule has 0 fully saturated rings. The van der Waals surface area contributed by atoms with Gasteiger partial charge >= 0.3 is 0 Å². The van der Waals surface area contributed by atoms with Crippen LogP contribution in [0, 0.1) is 0 Å². The van der Waals surface area contributed by atoms with E-state index in [2.05, 4.69) is 22.1 Å². The van der Waals surface area contributed by atoms with E-state index in [1.54, 1.807) is 11.3 Å². The maximum Gasteiger partial charge on any atom is 0.151 e. The molecule has 3 aromatic rings. The monoisotopic (exact) mass is 358 g/mol. The first kappa shape index (κ1) is 18.0. The fourth-order valence-corrected chi connectivity index (χ4v) is 4.20. The Hall–Kier alpha value is -1.76. The lowest BCUT2D eigenvalue weighted by Gasteiger charge is -2.08. The van der Waals surface area contributed by atoms with Crippen molar-refractivity contribution in [1.82, 2.24) is 9.97 Å². The van der Waals surface area contributed by atoms with Crippen LogP contribution in [0.4, 0.5) is 5.82 Å². The molecule has 0 unspecified atom stereocenters. The number of nitrogens with zero attached hydrogens (tertiary/aromatic N) is 2. The van der Waals surface area contributed by atoms with Crippen LogP contribution < -0.4 is 11.5 Å². The normalized spacial score (nSPS) is 11.6. The van der Waals surface area contributed by atoms with E-state index in [4.69, 9.17) is 16.2 Å². The molecule has 0 bridgehead atoms. The van der Waals surface area contributed by atoms with Crippen molar-refractivity contribution in [3.63, 3.8) is 0 Å². The minimum Gasteiger partial charge on any atom is -0.382 e. The third-order valence-corrected chi connectivity index (χ3v) is 5.39. The van der Waals surface area contributed by atoms with Crippen molar-refractivity contribution < 1.29 is 4.74 Å². The summed E-state index contributed by atoms with van der Waals surface area (Å²) in [4.78, 5) is 9.23. The number of hydrogen-bond donors (Lipinski definition) is 2. The molecule has 0 atom stereocenters. The Bertz CT molecular complexity index is 846. The number of pyridine rings is 1. The number of fused-ring (bicyclic) bond motifs is 3. The molecule has 0 saturated heterocycles. The largest absolute Gasteiger partial charge is 0.382 e. The van der Waals surface area contributed by atoms with Crippen molar-refractivity contribution in [2.24, 2.45) is 5.73 Å². The van der Waals surface area contributed by atoms with Crippen molar-refractivity contribution in [2.45, 2.75) is 45.6 Å². The molecule has 0 aliphatic carbocycles. The Morgan fingerprint density at radius 3 is 2.76 bits per heavy atom. The summed E-state index contributed by atoms with van der Waals surface area (Å²) in [5.41, 5.74) is 14.8. The third-order valence-electron chi connectivity index (χ3n) is 4.34. The van der Waals surface area contributed by atoms with Gasteiger partial charge in [-0.2, -0.15) is 0 Å². The number of aromatic nitrogens is 2. The van der Waals surface area contributed by atoms with E-state index in [1.807, 2.05) is 13.0 Å². The Balaban J connectivity index is 1.95. The van der Waals surface area contributed by atoms with Crippen molar-refractivity contribution in [2.75, 3.05) is 18.9 Å². The van der Waals surface area contributed by atoms with E-state index in [0.717, 1.165) is 46.5 Å². The van der Waals surface area contributed by atoms with Gasteiger partial charge < -0.3 is 16.2 Å². The molecule has 6 heteroatoms. The molecule has 3 rings (SSSR count). The highest BCUT2D eigenvalue weighted by Gasteiger charge is 2.15. The van der Waals surface area contributed by atoms with E-state index in [0.29, 0.717) is 19.0 Å². The lowest BCUT2D eigenvalue weighted by Crippen LogP contribution is -1.98. The molecule has 0 saturated carbocycles. The van der Waals surface area contributed by atoms with Gasteiger partial charge in [0.25, 0.3) is 0 Å². The van der Waals surface area contributed by atoms with E-state index < -0.39 is 0 Å². The van der Waals surface area contributed by atoms with Crippen molar-refractivity contribution in [1.29, 1.82) is 0 Å². The van der Waals surface area contributed by atoms with Crippen LogP contribution in [0.2, 0.25) is 0 Å². The summed E-state index contributed by atoms with van der Waals surface area (Å²) in [6.45, 7) is 3.97. The molecule has 1 aromatic carbocycles. The lowest BCUT2D eigenvalue weighted by atomic mass is 10.0. The quantitative estimate of drug-likeness (QED) is 0.564. The van der Waals surface area contributed by atoms with Gasteiger partial charge in [-0.25, -0.2) is 9.97 Å². The average molecular weight is 359 g/mol. The summed E-state index contributed by atoms with van der Waals surface area (Å²) < 4.78 is 6.64. The topological polar surface area (TPSA) is 87.0 Å². The standard InChI is InChI=1S/C19H26N4OS/c1-2-24-12-15-23-17-18(25-15)16-13(8-5-3-4-6-11-20)9-7-10-14(16)22-19(17)21/h7,9-10H,2-6,8,11-12,20H2,1H3,(H2,21,22). The number of unbranched alkanes of at least 4 members (excludes halogenated alkanes) is 3. The van der Waals surface area contributed by atoms with Crippen LogP contribution in [0.1, 0.15) is 43.2 Å². The summed E-state index contributed by atoms with van der Waals surface area (Å²) in [5, 5.41) is 2.15. The van der Waals surface area contributed by atoms with Crippen LogP contribution in [0.3, 0.4) is 0 Å². The maximum absolute atomic E-state index is 6.15. The van der Waals surface area contributed by atoms with E-state index in [9.17, 15) is 0 Å². The molecule has 2 aromatic heterocycles. The number of nitrogen functional groups attached to an aromatic ring is 1. The smallest absolute Gasteiger partial charge is 0.151 e. The second kappa shape index (κ2) is 8.56. The number of anilines is 1. The number of thiazole rings is 1. The number of ether oxygens (including phenoxy) is 1. The molecule has 2 heterocycles. The summed E-state index contributed by atoms with van der Waals surface area (Å²) in [5.74, 6) is 0.501.